The lowest BCUT2D eigenvalue weighted by atomic mass is 10.0. The third-order valence-corrected chi connectivity index (χ3v) is 16.1. The smallest absolute Gasteiger partial charge is 0.462 e. The molecule has 2 unspecified atom stereocenters. The SMILES string of the molecule is CC/C=C\C/C=C\C/C=C\C/C=C\C/C=C\CCCCCCCCCCCCCCCC(=O)OC(COC(=O)CCCCCCCCCCCCCCCCCCCCC/C=C\CCCCCCCCCC)COP(=O)(O)OCCN. The topological polar surface area (TPSA) is 134 Å². The Balaban J connectivity index is 3.86. The van der Waals surface area contributed by atoms with Gasteiger partial charge in [0.1, 0.15) is 6.61 Å². The number of unbranched alkanes of at least 4 members (excludes halogenated alkanes) is 40. The highest BCUT2D eigenvalue weighted by molar-refractivity contribution is 7.47. The maximum Gasteiger partial charge on any atom is 0.472 e. The molecule has 0 bridgehead atoms. The molecule has 0 radical (unpaired) electrons. The van der Waals surface area contributed by atoms with Crippen molar-refractivity contribution in [2.75, 3.05) is 26.4 Å². The van der Waals surface area contributed by atoms with Crippen LogP contribution in [0.4, 0.5) is 0 Å². The highest BCUT2D eigenvalue weighted by atomic mass is 31.2. The summed E-state index contributed by atoms with van der Waals surface area (Å²) in [5.74, 6) is -0.816. The van der Waals surface area contributed by atoms with Crippen LogP contribution in [0.3, 0.4) is 0 Å². The number of hydrogen-bond acceptors (Lipinski definition) is 8. The quantitative estimate of drug-likeness (QED) is 0.0264. The molecule has 3 N–H and O–H groups in total. The molecule has 0 amide bonds. The fourth-order valence-corrected chi connectivity index (χ4v) is 10.8. The Bertz CT molecular complexity index is 1560. The van der Waals surface area contributed by atoms with Crippen LogP contribution in [0.15, 0.2) is 72.9 Å². The zero-order chi connectivity index (χ0) is 58.7. The maximum absolute atomic E-state index is 12.8. The summed E-state index contributed by atoms with van der Waals surface area (Å²) in [6.45, 7) is 3.68. The fraction of sp³-hybridized carbons (Fsp3) is 0.803. The fourth-order valence-electron chi connectivity index (χ4n) is 10.0. The Morgan fingerprint density at radius 2 is 0.679 bits per heavy atom. The molecule has 0 aliphatic rings. The zero-order valence-corrected chi connectivity index (χ0v) is 53.9. The predicted octanol–water partition coefficient (Wildman–Crippen LogP) is 22.4. The van der Waals surface area contributed by atoms with Crippen molar-refractivity contribution in [3.8, 4) is 0 Å². The molecule has 0 heterocycles. The molecule has 0 fully saturated rings. The summed E-state index contributed by atoms with van der Waals surface area (Å²) in [6.07, 6.45) is 87.1. The maximum atomic E-state index is 12.8. The zero-order valence-electron chi connectivity index (χ0n) is 53.0. The minimum Gasteiger partial charge on any atom is -0.462 e. The summed E-state index contributed by atoms with van der Waals surface area (Å²) < 4.78 is 33.2. The van der Waals surface area contributed by atoms with Crippen LogP contribution in [0.1, 0.15) is 335 Å². The van der Waals surface area contributed by atoms with Gasteiger partial charge in [0.15, 0.2) is 6.10 Å². The van der Waals surface area contributed by atoms with Gasteiger partial charge in [-0.3, -0.25) is 18.6 Å². The Morgan fingerprint density at radius 3 is 1.02 bits per heavy atom. The molecule has 0 aromatic heterocycles. The minimum atomic E-state index is -4.39. The van der Waals surface area contributed by atoms with Crippen LogP contribution in [0.2, 0.25) is 0 Å². The van der Waals surface area contributed by atoms with E-state index in [2.05, 4.69) is 86.8 Å². The number of nitrogens with two attached hydrogens (primary N) is 1. The van der Waals surface area contributed by atoms with Crippen molar-refractivity contribution >= 4 is 19.8 Å². The van der Waals surface area contributed by atoms with Crippen LogP contribution in [0, 0.1) is 0 Å². The summed E-state index contributed by atoms with van der Waals surface area (Å²) in [6, 6.07) is 0. The first-order valence-corrected chi connectivity index (χ1v) is 35.9. The number of hydrogen-bond donors (Lipinski definition) is 2. The summed E-state index contributed by atoms with van der Waals surface area (Å²) in [7, 11) is -4.39. The van der Waals surface area contributed by atoms with Gasteiger partial charge in [0, 0.05) is 19.4 Å². The van der Waals surface area contributed by atoms with E-state index in [1.165, 1.54) is 231 Å². The first kappa shape index (κ1) is 78.5. The second-order valence-electron chi connectivity index (χ2n) is 23.0. The average Bonchev–Trinajstić information content (AvgIpc) is 3.46. The van der Waals surface area contributed by atoms with E-state index in [1.807, 2.05) is 0 Å². The van der Waals surface area contributed by atoms with Gasteiger partial charge in [-0.15, -0.1) is 0 Å². The van der Waals surface area contributed by atoms with E-state index in [0.29, 0.717) is 6.42 Å². The van der Waals surface area contributed by atoms with Gasteiger partial charge < -0.3 is 20.1 Å². The monoisotopic (exact) mass is 1160 g/mol. The summed E-state index contributed by atoms with van der Waals surface area (Å²) >= 11 is 0. The van der Waals surface area contributed by atoms with Crippen molar-refractivity contribution in [1.82, 2.24) is 0 Å². The number of phosphoric ester groups is 1. The van der Waals surface area contributed by atoms with Crippen LogP contribution in [0.5, 0.6) is 0 Å². The number of carbonyl (C=O) groups excluding carboxylic acids is 2. The van der Waals surface area contributed by atoms with Crippen molar-refractivity contribution in [2.45, 2.75) is 341 Å². The number of ether oxygens (including phenoxy) is 2. The lowest BCUT2D eigenvalue weighted by Crippen LogP contribution is -2.29. The number of esters is 2. The normalized spacial score (nSPS) is 13.4. The molecule has 81 heavy (non-hydrogen) atoms. The Morgan fingerprint density at radius 1 is 0.383 bits per heavy atom. The number of phosphoric acid groups is 1. The molecule has 472 valence electrons. The molecule has 0 saturated heterocycles. The average molecular weight is 1160 g/mol. The summed E-state index contributed by atoms with van der Waals surface area (Å²) in [5.41, 5.74) is 5.40. The van der Waals surface area contributed by atoms with Crippen molar-refractivity contribution in [1.29, 1.82) is 0 Å². The summed E-state index contributed by atoms with van der Waals surface area (Å²) in [4.78, 5) is 35.3. The van der Waals surface area contributed by atoms with Crippen LogP contribution in [0.25, 0.3) is 0 Å². The number of allylic oxidation sites excluding steroid dienone is 12. The van der Waals surface area contributed by atoms with Gasteiger partial charge in [0.05, 0.1) is 13.2 Å². The van der Waals surface area contributed by atoms with Crippen molar-refractivity contribution in [3.63, 3.8) is 0 Å². The molecule has 0 aliphatic heterocycles. The van der Waals surface area contributed by atoms with Gasteiger partial charge in [0.25, 0.3) is 0 Å². The van der Waals surface area contributed by atoms with Gasteiger partial charge in [-0.25, -0.2) is 4.57 Å². The van der Waals surface area contributed by atoms with Gasteiger partial charge in [-0.1, -0.05) is 311 Å². The van der Waals surface area contributed by atoms with Crippen LogP contribution >= 0.6 is 7.82 Å². The van der Waals surface area contributed by atoms with E-state index >= 15 is 0 Å². The van der Waals surface area contributed by atoms with E-state index in [0.717, 1.165) is 70.6 Å². The van der Waals surface area contributed by atoms with E-state index in [9.17, 15) is 19.0 Å². The molecule has 0 aromatic carbocycles. The van der Waals surface area contributed by atoms with Gasteiger partial charge in [-0.05, 0) is 83.5 Å². The van der Waals surface area contributed by atoms with E-state index in [4.69, 9.17) is 24.3 Å². The van der Waals surface area contributed by atoms with Gasteiger partial charge in [-0.2, -0.15) is 0 Å². The molecule has 0 spiro atoms. The molecule has 0 saturated carbocycles. The standard InChI is InChI=1S/C71H130NO8P/c1-3-5-7-9-11-13-15-17-19-21-23-25-27-29-31-33-34-36-37-39-41-43-45-47-49-51-53-55-57-59-61-63-70(73)77-67-69(68-79-81(75,76)78-66-65-72)80-71(74)64-62-60-58-56-54-52-50-48-46-44-42-40-38-35-32-30-28-26-24-22-20-18-16-14-12-10-8-6-4-2/h6,8,12,14,18,20-21,23-24,26,30,32,69H,3-5,7,9-11,13,15-17,19,22,25,27-29,31,33-68,72H2,1-2H3,(H,75,76)/b8-6-,14-12-,20-18-,23-21-,26-24-,32-30-. The first-order valence-electron chi connectivity index (χ1n) is 34.4. The Kier molecular flexibility index (Phi) is 64.5. The molecular weight excluding hydrogens is 1030 g/mol. The molecule has 0 aromatic rings. The van der Waals surface area contributed by atoms with Gasteiger partial charge in [0.2, 0.25) is 0 Å². The molecule has 2 atom stereocenters. The minimum absolute atomic E-state index is 0.0526. The van der Waals surface area contributed by atoms with Crippen molar-refractivity contribution in [2.24, 2.45) is 5.73 Å². The third-order valence-electron chi connectivity index (χ3n) is 15.1. The second-order valence-corrected chi connectivity index (χ2v) is 24.5. The van der Waals surface area contributed by atoms with Gasteiger partial charge >= 0.3 is 19.8 Å². The van der Waals surface area contributed by atoms with Crippen LogP contribution in [-0.4, -0.2) is 49.3 Å². The molecular formula is C71H130NO8P. The highest BCUT2D eigenvalue weighted by Gasteiger charge is 2.26. The van der Waals surface area contributed by atoms with E-state index in [-0.39, 0.29) is 38.6 Å². The second kappa shape index (κ2) is 66.6. The first-order chi connectivity index (χ1) is 39.8. The summed E-state index contributed by atoms with van der Waals surface area (Å²) in [5, 5.41) is 0. The highest BCUT2D eigenvalue weighted by Crippen LogP contribution is 2.43. The van der Waals surface area contributed by atoms with Crippen molar-refractivity contribution in [3.05, 3.63) is 72.9 Å². The Labute approximate surface area is 501 Å². The lowest BCUT2D eigenvalue weighted by Gasteiger charge is -2.19. The molecule has 0 rings (SSSR count). The number of rotatable bonds is 65. The third kappa shape index (κ3) is 66.5. The largest absolute Gasteiger partial charge is 0.472 e. The van der Waals surface area contributed by atoms with Crippen LogP contribution < -0.4 is 5.73 Å². The molecule has 0 aliphatic carbocycles. The molecule has 9 nitrogen and oxygen atoms in total. The van der Waals surface area contributed by atoms with Crippen molar-refractivity contribution < 1.29 is 37.6 Å². The van der Waals surface area contributed by atoms with Crippen LogP contribution in [-0.2, 0) is 32.7 Å². The van der Waals surface area contributed by atoms with E-state index in [1.54, 1.807) is 0 Å². The molecule has 10 heteroatoms. The lowest BCUT2D eigenvalue weighted by molar-refractivity contribution is -0.161. The number of carbonyl (C=O) groups is 2. The predicted molar refractivity (Wildman–Crippen MR) is 349 cm³/mol. The van der Waals surface area contributed by atoms with E-state index < -0.39 is 26.5 Å². The Hall–Kier alpha value is -2.55.